The van der Waals surface area contributed by atoms with E-state index in [0.717, 1.165) is 15.7 Å². The van der Waals surface area contributed by atoms with E-state index in [9.17, 15) is 0 Å². The van der Waals surface area contributed by atoms with Gasteiger partial charge in [0.05, 0.1) is 24.3 Å². The normalized spacial score (nSPS) is 9.52. The Labute approximate surface area is 131 Å². The molecule has 5 heteroatoms. The number of halogens is 1. The minimum atomic E-state index is 0.515. The van der Waals surface area contributed by atoms with Gasteiger partial charge in [0.1, 0.15) is 11.8 Å². The van der Waals surface area contributed by atoms with Crippen molar-refractivity contribution >= 4 is 21.6 Å². The van der Waals surface area contributed by atoms with Crippen molar-refractivity contribution in [2.45, 2.75) is 6.54 Å². The smallest absolute Gasteiger partial charge is 0.136 e. The molecule has 0 aromatic heterocycles. The van der Waals surface area contributed by atoms with Gasteiger partial charge in [0.15, 0.2) is 0 Å². The molecule has 21 heavy (non-hydrogen) atoms. The van der Waals surface area contributed by atoms with Crippen molar-refractivity contribution in [3.63, 3.8) is 0 Å². The lowest BCUT2D eigenvalue weighted by Gasteiger charge is -2.10. The zero-order valence-electron chi connectivity index (χ0n) is 11.4. The monoisotopic (exact) mass is 341 g/mol. The van der Waals surface area contributed by atoms with E-state index in [1.54, 1.807) is 25.3 Å². The van der Waals surface area contributed by atoms with Gasteiger partial charge in [0.25, 0.3) is 0 Å². The van der Waals surface area contributed by atoms with Gasteiger partial charge in [-0.15, -0.1) is 0 Å². The van der Waals surface area contributed by atoms with Gasteiger partial charge >= 0.3 is 0 Å². The molecule has 0 fully saturated rings. The summed E-state index contributed by atoms with van der Waals surface area (Å²) in [5.74, 6) is 0.565. The van der Waals surface area contributed by atoms with Crippen LogP contribution in [0, 0.1) is 22.7 Å². The molecule has 0 radical (unpaired) electrons. The standard InChI is InChI=1S/C16H12BrN3O/c1-21-16-7-12(2-4-13(16)9-19)10-20-15-5-3-11(8-18)6-14(15)17/h2-7,20H,10H2,1H3. The fourth-order valence-corrected chi connectivity index (χ4v) is 2.38. The first kappa shape index (κ1) is 14.9. The van der Waals surface area contributed by atoms with Crippen LogP contribution in [0.4, 0.5) is 5.69 Å². The van der Waals surface area contributed by atoms with E-state index in [4.69, 9.17) is 15.3 Å². The van der Waals surface area contributed by atoms with Gasteiger partial charge in [-0.25, -0.2) is 0 Å². The van der Waals surface area contributed by atoms with Crippen molar-refractivity contribution in [2.24, 2.45) is 0 Å². The van der Waals surface area contributed by atoms with Crippen LogP contribution in [0.3, 0.4) is 0 Å². The van der Waals surface area contributed by atoms with Crippen LogP contribution in [0.15, 0.2) is 40.9 Å². The summed E-state index contributed by atoms with van der Waals surface area (Å²) < 4.78 is 6.02. The third-order valence-corrected chi connectivity index (χ3v) is 3.62. The molecule has 0 saturated heterocycles. The molecule has 0 spiro atoms. The predicted octanol–water partition coefficient (Wildman–Crippen LogP) is 3.81. The van der Waals surface area contributed by atoms with Crippen molar-refractivity contribution in [2.75, 3.05) is 12.4 Å². The lowest BCUT2D eigenvalue weighted by molar-refractivity contribution is 0.413. The molecule has 0 aliphatic heterocycles. The fraction of sp³-hybridized carbons (Fsp3) is 0.125. The Morgan fingerprint density at radius 1 is 1.14 bits per heavy atom. The zero-order valence-corrected chi connectivity index (χ0v) is 12.9. The van der Waals surface area contributed by atoms with Gasteiger partial charge in [0.2, 0.25) is 0 Å². The van der Waals surface area contributed by atoms with Gasteiger partial charge in [-0.3, -0.25) is 0 Å². The molecule has 0 saturated carbocycles. The second kappa shape index (κ2) is 6.78. The molecule has 0 aliphatic carbocycles. The predicted molar refractivity (Wildman–Crippen MR) is 83.9 cm³/mol. The van der Waals surface area contributed by atoms with Gasteiger partial charge in [-0.2, -0.15) is 10.5 Å². The molecule has 104 valence electrons. The van der Waals surface area contributed by atoms with Crippen LogP contribution in [0.25, 0.3) is 0 Å². The maximum atomic E-state index is 8.96. The highest BCUT2D eigenvalue weighted by molar-refractivity contribution is 9.10. The van der Waals surface area contributed by atoms with Crippen molar-refractivity contribution < 1.29 is 4.74 Å². The van der Waals surface area contributed by atoms with Gasteiger partial charge in [-0.05, 0) is 51.8 Å². The summed E-state index contributed by atoms with van der Waals surface area (Å²) >= 11 is 3.43. The van der Waals surface area contributed by atoms with Gasteiger partial charge < -0.3 is 10.1 Å². The highest BCUT2D eigenvalue weighted by atomic mass is 79.9. The Morgan fingerprint density at radius 2 is 1.95 bits per heavy atom. The van der Waals surface area contributed by atoms with Crippen LogP contribution in [0.5, 0.6) is 5.75 Å². The first-order chi connectivity index (χ1) is 10.2. The lowest BCUT2D eigenvalue weighted by Crippen LogP contribution is -2.01. The second-order valence-electron chi connectivity index (χ2n) is 4.31. The number of nitriles is 2. The quantitative estimate of drug-likeness (QED) is 0.917. The summed E-state index contributed by atoms with van der Waals surface area (Å²) in [6.07, 6.45) is 0. The first-order valence-electron chi connectivity index (χ1n) is 6.18. The zero-order chi connectivity index (χ0) is 15.2. The van der Waals surface area contributed by atoms with Crippen LogP contribution in [-0.2, 0) is 6.54 Å². The Kier molecular flexibility index (Phi) is 4.81. The molecule has 0 aliphatic rings. The topological polar surface area (TPSA) is 68.8 Å². The van der Waals surface area contributed by atoms with Crippen molar-refractivity contribution in [1.82, 2.24) is 0 Å². The number of hydrogen-bond acceptors (Lipinski definition) is 4. The maximum absolute atomic E-state index is 8.96. The number of ether oxygens (including phenoxy) is 1. The van der Waals surface area contributed by atoms with Crippen molar-refractivity contribution in [3.8, 4) is 17.9 Å². The van der Waals surface area contributed by atoms with E-state index >= 15 is 0 Å². The fourth-order valence-electron chi connectivity index (χ4n) is 1.86. The average molecular weight is 342 g/mol. The summed E-state index contributed by atoms with van der Waals surface area (Å²) in [6.45, 7) is 0.590. The minimum Gasteiger partial charge on any atom is -0.495 e. The molecule has 0 heterocycles. The van der Waals surface area contributed by atoms with E-state index in [0.29, 0.717) is 23.4 Å². The van der Waals surface area contributed by atoms with Gasteiger partial charge in [-0.1, -0.05) is 6.07 Å². The Balaban J connectivity index is 2.14. The molecule has 0 amide bonds. The van der Waals surface area contributed by atoms with Crippen LogP contribution >= 0.6 is 15.9 Å². The molecule has 4 nitrogen and oxygen atoms in total. The molecule has 1 N–H and O–H groups in total. The number of nitrogens with zero attached hydrogens (tertiary/aromatic N) is 2. The van der Waals surface area contributed by atoms with Crippen molar-refractivity contribution in [3.05, 3.63) is 57.6 Å². The highest BCUT2D eigenvalue weighted by Crippen LogP contribution is 2.25. The Morgan fingerprint density at radius 3 is 2.57 bits per heavy atom. The molecule has 2 aromatic rings. The average Bonchev–Trinajstić information content (AvgIpc) is 2.53. The van der Waals surface area contributed by atoms with E-state index in [1.165, 1.54) is 0 Å². The van der Waals surface area contributed by atoms with Crippen LogP contribution < -0.4 is 10.1 Å². The SMILES string of the molecule is COc1cc(CNc2ccc(C#N)cc2Br)ccc1C#N. The number of hydrogen-bond donors (Lipinski definition) is 1. The number of rotatable bonds is 4. The summed E-state index contributed by atoms with van der Waals surface area (Å²) in [5.41, 5.74) is 3.02. The summed E-state index contributed by atoms with van der Waals surface area (Å²) in [5, 5.41) is 21.1. The maximum Gasteiger partial charge on any atom is 0.136 e. The largest absolute Gasteiger partial charge is 0.495 e. The number of benzene rings is 2. The van der Waals surface area contributed by atoms with E-state index in [1.807, 2.05) is 18.2 Å². The number of methoxy groups -OCH3 is 1. The second-order valence-corrected chi connectivity index (χ2v) is 5.16. The van der Waals surface area contributed by atoms with Crippen LogP contribution in [-0.4, -0.2) is 7.11 Å². The number of nitrogens with one attached hydrogen (secondary N) is 1. The van der Waals surface area contributed by atoms with E-state index in [2.05, 4.69) is 33.4 Å². The van der Waals surface area contributed by atoms with E-state index < -0.39 is 0 Å². The lowest BCUT2D eigenvalue weighted by atomic mass is 10.1. The highest BCUT2D eigenvalue weighted by Gasteiger charge is 2.05. The summed E-state index contributed by atoms with van der Waals surface area (Å²) in [4.78, 5) is 0. The van der Waals surface area contributed by atoms with E-state index in [-0.39, 0.29) is 0 Å². The molecule has 0 unspecified atom stereocenters. The van der Waals surface area contributed by atoms with Crippen LogP contribution in [0.1, 0.15) is 16.7 Å². The third kappa shape index (κ3) is 3.53. The molecule has 2 aromatic carbocycles. The number of anilines is 1. The molecular formula is C16H12BrN3O. The Bertz CT molecular complexity index is 744. The third-order valence-electron chi connectivity index (χ3n) is 2.97. The summed E-state index contributed by atoms with van der Waals surface area (Å²) in [6, 6.07) is 15.0. The molecule has 0 atom stereocenters. The first-order valence-corrected chi connectivity index (χ1v) is 6.97. The molecule has 2 rings (SSSR count). The summed E-state index contributed by atoms with van der Waals surface area (Å²) in [7, 11) is 1.55. The Hall–Kier alpha value is -2.50. The molecule has 0 bridgehead atoms. The molecular weight excluding hydrogens is 330 g/mol. The van der Waals surface area contributed by atoms with Gasteiger partial charge in [0, 0.05) is 16.7 Å². The minimum absolute atomic E-state index is 0.515. The van der Waals surface area contributed by atoms with Crippen molar-refractivity contribution in [1.29, 1.82) is 10.5 Å². The van der Waals surface area contributed by atoms with Crippen LogP contribution in [0.2, 0.25) is 0 Å².